The Morgan fingerprint density at radius 2 is 1.88 bits per heavy atom. The molecule has 150 valence electrons. The van der Waals surface area contributed by atoms with E-state index in [1.54, 1.807) is 0 Å². The molecular formula is C19H32Cl3N3O. The summed E-state index contributed by atoms with van der Waals surface area (Å²) < 4.78 is 0. The fourth-order valence-electron chi connectivity index (χ4n) is 3.55. The highest BCUT2D eigenvalue weighted by Crippen LogP contribution is 2.28. The van der Waals surface area contributed by atoms with Gasteiger partial charge in [0.1, 0.15) is 0 Å². The number of rotatable bonds is 8. The predicted octanol–water partition coefficient (Wildman–Crippen LogP) is 4.20. The first-order valence-corrected chi connectivity index (χ1v) is 9.42. The van der Waals surface area contributed by atoms with Crippen molar-refractivity contribution in [2.75, 3.05) is 26.2 Å². The zero-order valence-corrected chi connectivity index (χ0v) is 18.1. The van der Waals surface area contributed by atoms with Crippen molar-refractivity contribution in [2.24, 2.45) is 11.1 Å². The van der Waals surface area contributed by atoms with E-state index in [1.807, 2.05) is 32.0 Å². The van der Waals surface area contributed by atoms with E-state index in [1.165, 1.54) is 12.8 Å². The predicted molar refractivity (Wildman–Crippen MR) is 115 cm³/mol. The quantitative estimate of drug-likeness (QED) is 0.657. The maximum atomic E-state index is 12.7. The van der Waals surface area contributed by atoms with Crippen LogP contribution >= 0.6 is 36.4 Å². The molecule has 1 saturated heterocycles. The van der Waals surface area contributed by atoms with Gasteiger partial charge in [-0.3, -0.25) is 9.69 Å². The number of halogens is 3. The Hall–Kier alpha value is -0.520. The van der Waals surface area contributed by atoms with Crippen LogP contribution in [0.25, 0.3) is 0 Å². The fraction of sp³-hybridized carbons (Fsp3) is 0.632. The Bertz CT molecular complexity index is 538. The molecule has 0 aliphatic carbocycles. The van der Waals surface area contributed by atoms with Gasteiger partial charge < -0.3 is 11.1 Å². The average molecular weight is 425 g/mol. The molecule has 26 heavy (non-hydrogen) atoms. The van der Waals surface area contributed by atoms with Gasteiger partial charge in [0.15, 0.2) is 0 Å². The Balaban J connectivity index is 0.00000312. The highest BCUT2D eigenvalue weighted by atomic mass is 35.5. The number of amides is 1. The van der Waals surface area contributed by atoms with Gasteiger partial charge in [-0.1, -0.05) is 37.6 Å². The smallest absolute Gasteiger partial charge is 0.227 e. The van der Waals surface area contributed by atoms with Gasteiger partial charge in [-0.05, 0) is 56.5 Å². The molecule has 4 nitrogen and oxygen atoms in total. The van der Waals surface area contributed by atoms with E-state index in [4.69, 9.17) is 17.3 Å². The van der Waals surface area contributed by atoms with Gasteiger partial charge in [0, 0.05) is 18.1 Å². The SMILES string of the molecule is CCC(CC)(CN)C(=O)NCC(c1cccc(Cl)c1)N1CCCC1.Cl.Cl. The minimum Gasteiger partial charge on any atom is -0.354 e. The lowest BCUT2D eigenvalue weighted by Crippen LogP contribution is -2.47. The zero-order chi connectivity index (χ0) is 17.6. The highest BCUT2D eigenvalue weighted by Gasteiger charge is 2.34. The zero-order valence-electron chi connectivity index (χ0n) is 15.7. The van der Waals surface area contributed by atoms with Crippen LogP contribution in [0.4, 0.5) is 0 Å². The van der Waals surface area contributed by atoms with E-state index >= 15 is 0 Å². The standard InChI is InChI=1S/C19H30ClN3O.2ClH/c1-3-19(4-2,14-21)18(24)22-13-17(23-10-5-6-11-23)15-8-7-9-16(20)12-15;;/h7-9,12,17H,3-6,10-11,13-14,21H2,1-2H3,(H,22,24);2*1H. The van der Waals surface area contributed by atoms with Crippen LogP contribution in [0.15, 0.2) is 24.3 Å². The first-order valence-electron chi connectivity index (χ1n) is 9.04. The number of carbonyl (C=O) groups is 1. The maximum absolute atomic E-state index is 12.7. The molecular weight excluding hydrogens is 393 g/mol. The van der Waals surface area contributed by atoms with Crippen LogP contribution < -0.4 is 11.1 Å². The van der Waals surface area contributed by atoms with E-state index in [0.717, 1.165) is 36.5 Å². The van der Waals surface area contributed by atoms with Crippen molar-refractivity contribution in [2.45, 2.75) is 45.6 Å². The van der Waals surface area contributed by atoms with Crippen molar-refractivity contribution in [3.63, 3.8) is 0 Å². The summed E-state index contributed by atoms with van der Waals surface area (Å²) in [4.78, 5) is 15.2. The molecule has 3 N–H and O–H groups in total. The van der Waals surface area contributed by atoms with E-state index in [9.17, 15) is 4.79 Å². The number of hydrogen-bond donors (Lipinski definition) is 2. The van der Waals surface area contributed by atoms with E-state index < -0.39 is 5.41 Å². The number of nitrogens with two attached hydrogens (primary N) is 1. The monoisotopic (exact) mass is 423 g/mol. The molecule has 0 spiro atoms. The fourth-order valence-corrected chi connectivity index (χ4v) is 3.75. The van der Waals surface area contributed by atoms with Crippen LogP contribution in [-0.2, 0) is 4.79 Å². The molecule has 0 bridgehead atoms. The van der Waals surface area contributed by atoms with Gasteiger partial charge in [-0.2, -0.15) is 0 Å². The van der Waals surface area contributed by atoms with Crippen LogP contribution in [0.1, 0.15) is 51.1 Å². The second kappa shape index (κ2) is 12.0. The van der Waals surface area contributed by atoms with E-state index in [2.05, 4.69) is 16.3 Å². The third-order valence-electron chi connectivity index (χ3n) is 5.50. The molecule has 1 fully saturated rings. The van der Waals surface area contributed by atoms with Gasteiger partial charge in [0.25, 0.3) is 0 Å². The number of carbonyl (C=O) groups excluding carboxylic acids is 1. The summed E-state index contributed by atoms with van der Waals surface area (Å²) >= 11 is 6.18. The van der Waals surface area contributed by atoms with Crippen LogP contribution in [0.2, 0.25) is 5.02 Å². The second-order valence-electron chi connectivity index (χ2n) is 6.72. The lowest BCUT2D eigenvalue weighted by atomic mass is 9.81. The largest absolute Gasteiger partial charge is 0.354 e. The first kappa shape index (κ1) is 25.5. The molecule has 1 atom stereocenters. The summed E-state index contributed by atoms with van der Waals surface area (Å²) in [6.07, 6.45) is 3.94. The minimum absolute atomic E-state index is 0. The Morgan fingerprint density at radius 1 is 1.27 bits per heavy atom. The molecule has 1 aliphatic heterocycles. The van der Waals surface area contributed by atoms with Crippen molar-refractivity contribution in [3.8, 4) is 0 Å². The van der Waals surface area contributed by atoms with Crippen molar-refractivity contribution in [1.82, 2.24) is 10.2 Å². The molecule has 1 heterocycles. The van der Waals surface area contributed by atoms with Crippen LogP contribution in [0.5, 0.6) is 0 Å². The molecule has 7 heteroatoms. The number of hydrogen-bond acceptors (Lipinski definition) is 3. The average Bonchev–Trinajstić information content (AvgIpc) is 3.11. The second-order valence-corrected chi connectivity index (χ2v) is 7.15. The molecule has 1 aromatic carbocycles. The Labute approximate surface area is 175 Å². The van der Waals surface area contributed by atoms with Crippen molar-refractivity contribution >= 4 is 42.3 Å². The summed E-state index contributed by atoms with van der Waals surface area (Å²) in [6, 6.07) is 8.13. The van der Waals surface area contributed by atoms with Crippen LogP contribution in [0.3, 0.4) is 0 Å². The summed E-state index contributed by atoms with van der Waals surface area (Å²) in [5.41, 5.74) is 6.61. The third kappa shape index (κ3) is 6.00. The minimum atomic E-state index is -0.454. The van der Waals surface area contributed by atoms with Gasteiger partial charge in [-0.25, -0.2) is 0 Å². The van der Waals surface area contributed by atoms with Gasteiger partial charge in [0.05, 0.1) is 11.5 Å². The lowest BCUT2D eigenvalue weighted by Gasteiger charge is -2.32. The number of nitrogens with zero attached hydrogens (tertiary/aromatic N) is 1. The van der Waals surface area contributed by atoms with Gasteiger partial charge in [-0.15, -0.1) is 24.8 Å². The van der Waals surface area contributed by atoms with E-state index in [-0.39, 0.29) is 36.8 Å². The molecule has 0 aromatic heterocycles. The third-order valence-corrected chi connectivity index (χ3v) is 5.73. The lowest BCUT2D eigenvalue weighted by molar-refractivity contribution is -0.131. The molecule has 2 rings (SSSR count). The van der Waals surface area contributed by atoms with Crippen LogP contribution in [0, 0.1) is 5.41 Å². The summed E-state index contributed by atoms with van der Waals surface area (Å²) in [7, 11) is 0. The van der Waals surface area contributed by atoms with Crippen molar-refractivity contribution < 1.29 is 4.79 Å². The van der Waals surface area contributed by atoms with Crippen LogP contribution in [-0.4, -0.2) is 37.0 Å². The first-order chi connectivity index (χ1) is 11.6. The Morgan fingerprint density at radius 3 is 2.38 bits per heavy atom. The molecule has 0 radical (unpaired) electrons. The van der Waals surface area contributed by atoms with Gasteiger partial charge in [0.2, 0.25) is 5.91 Å². The Kier molecular flexibility index (Phi) is 11.8. The molecule has 1 aliphatic rings. The number of likely N-dealkylation sites (tertiary alicyclic amines) is 1. The van der Waals surface area contributed by atoms with Gasteiger partial charge >= 0.3 is 0 Å². The van der Waals surface area contributed by atoms with E-state index in [0.29, 0.717) is 13.1 Å². The summed E-state index contributed by atoms with van der Waals surface area (Å²) in [5.74, 6) is 0.0706. The highest BCUT2D eigenvalue weighted by molar-refractivity contribution is 6.30. The topological polar surface area (TPSA) is 58.4 Å². The molecule has 1 amide bonds. The molecule has 0 saturated carbocycles. The van der Waals surface area contributed by atoms with Crippen molar-refractivity contribution in [3.05, 3.63) is 34.9 Å². The maximum Gasteiger partial charge on any atom is 0.227 e. The molecule has 1 aromatic rings. The molecule has 1 unspecified atom stereocenters. The normalized spacial score (nSPS) is 15.7. The summed E-state index contributed by atoms with van der Waals surface area (Å²) in [5, 5.41) is 3.91. The summed E-state index contributed by atoms with van der Waals surface area (Å²) in [6.45, 7) is 7.18. The van der Waals surface area contributed by atoms with Crippen molar-refractivity contribution in [1.29, 1.82) is 0 Å². The number of benzene rings is 1. The number of nitrogens with one attached hydrogen (secondary N) is 1.